The van der Waals surface area contributed by atoms with E-state index in [1.165, 1.54) is 11.3 Å². The minimum atomic E-state index is -0.214. The number of nitrogens with zero attached hydrogens (tertiary/aromatic N) is 2. The van der Waals surface area contributed by atoms with Gasteiger partial charge in [-0.1, -0.05) is 43.3 Å². The summed E-state index contributed by atoms with van der Waals surface area (Å²) in [5.74, 6) is 0.497. The molecule has 2 atom stereocenters. The van der Waals surface area contributed by atoms with Gasteiger partial charge in [0.1, 0.15) is 5.78 Å². The molecule has 0 aromatic heterocycles. The smallest absolute Gasteiger partial charge is 0.133 e. The van der Waals surface area contributed by atoms with Crippen molar-refractivity contribution in [1.29, 1.82) is 0 Å². The molecular weight excluding hydrogens is 336 g/mol. The van der Waals surface area contributed by atoms with Crippen LogP contribution in [0.1, 0.15) is 25.3 Å². The molecule has 1 aliphatic heterocycles. The normalized spacial score (nSPS) is 25.6. The SMILES string of the molecule is CCC(=O)CC1C=CC(N2CCOCC2)=CC1(Cc1ccccc1)N(C)C. The van der Waals surface area contributed by atoms with E-state index in [1.54, 1.807) is 0 Å². The Kier molecular flexibility index (Phi) is 6.51. The van der Waals surface area contributed by atoms with E-state index in [1.807, 2.05) is 6.92 Å². The number of ether oxygens (including phenoxy) is 1. The maximum atomic E-state index is 12.3. The van der Waals surface area contributed by atoms with Gasteiger partial charge in [0.05, 0.1) is 18.8 Å². The molecule has 4 heteroatoms. The second-order valence-corrected chi connectivity index (χ2v) is 7.78. The van der Waals surface area contributed by atoms with Crippen molar-refractivity contribution in [3.05, 3.63) is 59.8 Å². The Bertz CT molecular complexity index is 690. The van der Waals surface area contributed by atoms with Crippen LogP contribution < -0.4 is 0 Å². The van der Waals surface area contributed by atoms with Crippen LogP contribution in [0.2, 0.25) is 0 Å². The van der Waals surface area contributed by atoms with Crippen LogP contribution in [0.5, 0.6) is 0 Å². The summed E-state index contributed by atoms with van der Waals surface area (Å²) in [6.07, 6.45) is 8.96. The molecule has 3 rings (SSSR count). The molecule has 1 aromatic carbocycles. The van der Waals surface area contributed by atoms with Crippen LogP contribution in [-0.4, -0.2) is 61.5 Å². The quantitative estimate of drug-likeness (QED) is 0.739. The van der Waals surface area contributed by atoms with Crippen molar-refractivity contribution in [2.75, 3.05) is 40.4 Å². The van der Waals surface area contributed by atoms with Crippen LogP contribution in [0.25, 0.3) is 0 Å². The van der Waals surface area contributed by atoms with Crippen LogP contribution in [0, 0.1) is 5.92 Å². The van der Waals surface area contributed by atoms with Crippen molar-refractivity contribution in [3.8, 4) is 0 Å². The third-order valence-electron chi connectivity index (χ3n) is 5.92. The number of benzene rings is 1. The van der Waals surface area contributed by atoms with Crippen molar-refractivity contribution >= 4 is 5.78 Å². The summed E-state index contributed by atoms with van der Waals surface area (Å²) in [5, 5.41) is 0. The first kappa shape index (κ1) is 19.8. The van der Waals surface area contributed by atoms with Gasteiger partial charge in [0.25, 0.3) is 0 Å². The molecule has 2 unspecified atom stereocenters. The highest BCUT2D eigenvalue weighted by Gasteiger charge is 2.41. The van der Waals surface area contributed by atoms with Crippen LogP contribution in [0.15, 0.2) is 54.3 Å². The Balaban J connectivity index is 1.98. The molecular formula is C23H32N2O2. The lowest BCUT2D eigenvalue weighted by Gasteiger charge is -2.46. The highest BCUT2D eigenvalue weighted by atomic mass is 16.5. The maximum Gasteiger partial charge on any atom is 0.133 e. The standard InChI is InChI=1S/C23H32N2O2/c1-4-22(26)16-20-10-11-21(25-12-14-27-15-13-25)18-23(20,24(2)3)17-19-8-6-5-7-9-19/h5-11,18,20H,4,12-17H2,1-3H3. The molecule has 0 saturated carbocycles. The highest BCUT2D eigenvalue weighted by molar-refractivity contribution is 5.78. The number of Topliss-reactive ketones (excluding diaryl/α,β-unsaturated/α-hetero) is 1. The zero-order valence-corrected chi connectivity index (χ0v) is 16.9. The lowest BCUT2D eigenvalue weighted by atomic mass is 9.72. The third-order valence-corrected chi connectivity index (χ3v) is 5.92. The van der Waals surface area contributed by atoms with Crippen molar-refractivity contribution < 1.29 is 9.53 Å². The summed E-state index contributed by atoms with van der Waals surface area (Å²) >= 11 is 0. The molecule has 1 heterocycles. The fourth-order valence-electron chi connectivity index (χ4n) is 4.17. The first-order valence-corrected chi connectivity index (χ1v) is 10.0. The number of carbonyl (C=O) groups excluding carboxylic acids is 1. The third kappa shape index (κ3) is 4.50. The minimum absolute atomic E-state index is 0.171. The van der Waals surface area contributed by atoms with Crippen molar-refractivity contribution in [2.45, 2.75) is 31.7 Å². The summed E-state index contributed by atoms with van der Waals surface area (Å²) in [6, 6.07) is 10.6. The molecule has 0 spiro atoms. The highest BCUT2D eigenvalue weighted by Crippen LogP contribution is 2.38. The summed E-state index contributed by atoms with van der Waals surface area (Å²) in [4.78, 5) is 17.0. The fraction of sp³-hybridized carbons (Fsp3) is 0.522. The Hall–Kier alpha value is -1.91. The van der Waals surface area contributed by atoms with Gasteiger partial charge in [0, 0.05) is 37.5 Å². The summed E-state index contributed by atoms with van der Waals surface area (Å²) in [5.41, 5.74) is 2.34. The van der Waals surface area contributed by atoms with Crippen molar-refractivity contribution in [3.63, 3.8) is 0 Å². The van der Waals surface area contributed by atoms with Crippen LogP contribution in [-0.2, 0) is 16.0 Å². The van der Waals surface area contributed by atoms with Crippen LogP contribution in [0.4, 0.5) is 0 Å². The summed E-state index contributed by atoms with van der Waals surface area (Å²) in [6.45, 7) is 5.35. The Labute approximate surface area is 163 Å². The van der Waals surface area contributed by atoms with Gasteiger partial charge in [-0.3, -0.25) is 9.69 Å². The van der Waals surface area contributed by atoms with E-state index >= 15 is 0 Å². The molecule has 1 aromatic rings. The summed E-state index contributed by atoms with van der Waals surface area (Å²) < 4.78 is 5.53. The van der Waals surface area contributed by atoms with Gasteiger partial charge in [-0.05, 0) is 38.2 Å². The predicted octanol–water partition coefficient (Wildman–Crippen LogP) is 3.30. The molecule has 4 nitrogen and oxygen atoms in total. The molecule has 1 fully saturated rings. The Morgan fingerprint density at radius 1 is 1.22 bits per heavy atom. The first-order valence-electron chi connectivity index (χ1n) is 10.0. The second-order valence-electron chi connectivity index (χ2n) is 7.78. The first-order chi connectivity index (χ1) is 13.0. The molecule has 0 N–H and O–H groups in total. The molecule has 0 bridgehead atoms. The number of hydrogen-bond acceptors (Lipinski definition) is 4. The maximum absolute atomic E-state index is 12.3. The van der Waals surface area contributed by atoms with Crippen LogP contribution in [0.3, 0.4) is 0 Å². The molecule has 0 radical (unpaired) electrons. The number of morpholine rings is 1. The van der Waals surface area contributed by atoms with E-state index in [9.17, 15) is 4.79 Å². The number of carbonyl (C=O) groups is 1. The average Bonchev–Trinajstić information content (AvgIpc) is 2.70. The van der Waals surface area contributed by atoms with Gasteiger partial charge in [0.2, 0.25) is 0 Å². The van der Waals surface area contributed by atoms with Gasteiger partial charge in [0.15, 0.2) is 0 Å². The van der Waals surface area contributed by atoms with Gasteiger partial charge in [-0.25, -0.2) is 0 Å². The van der Waals surface area contributed by atoms with E-state index in [0.717, 1.165) is 32.7 Å². The molecule has 146 valence electrons. The van der Waals surface area contributed by atoms with E-state index in [-0.39, 0.29) is 11.5 Å². The lowest BCUT2D eigenvalue weighted by Crippen LogP contribution is -2.53. The monoisotopic (exact) mass is 368 g/mol. The number of rotatable bonds is 7. The lowest BCUT2D eigenvalue weighted by molar-refractivity contribution is -0.120. The Morgan fingerprint density at radius 3 is 2.56 bits per heavy atom. The number of ketones is 1. The average molecular weight is 369 g/mol. The fourth-order valence-corrected chi connectivity index (χ4v) is 4.17. The predicted molar refractivity (Wildman–Crippen MR) is 110 cm³/mol. The topological polar surface area (TPSA) is 32.8 Å². The molecule has 1 aliphatic carbocycles. The van der Waals surface area contributed by atoms with Gasteiger partial charge in [-0.2, -0.15) is 0 Å². The van der Waals surface area contributed by atoms with Gasteiger partial charge in [-0.15, -0.1) is 0 Å². The van der Waals surface area contributed by atoms with Crippen LogP contribution >= 0.6 is 0 Å². The van der Waals surface area contributed by atoms with E-state index in [0.29, 0.717) is 18.6 Å². The van der Waals surface area contributed by atoms with Gasteiger partial charge < -0.3 is 9.64 Å². The summed E-state index contributed by atoms with van der Waals surface area (Å²) in [7, 11) is 4.28. The zero-order valence-electron chi connectivity index (χ0n) is 16.9. The van der Waals surface area contributed by atoms with E-state index < -0.39 is 0 Å². The largest absolute Gasteiger partial charge is 0.378 e. The molecule has 2 aliphatic rings. The number of hydrogen-bond donors (Lipinski definition) is 0. The zero-order chi connectivity index (χ0) is 19.3. The Morgan fingerprint density at radius 2 is 1.93 bits per heavy atom. The van der Waals surface area contributed by atoms with Crippen molar-refractivity contribution in [2.24, 2.45) is 5.92 Å². The second kappa shape index (κ2) is 8.85. The number of allylic oxidation sites excluding steroid dienone is 1. The molecule has 0 amide bonds. The minimum Gasteiger partial charge on any atom is -0.378 e. The van der Waals surface area contributed by atoms with Crippen molar-refractivity contribution in [1.82, 2.24) is 9.80 Å². The number of likely N-dealkylation sites (N-methyl/N-ethyl adjacent to an activating group) is 1. The van der Waals surface area contributed by atoms with E-state index in [2.05, 4.69) is 72.5 Å². The van der Waals surface area contributed by atoms with E-state index in [4.69, 9.17) is 4.74 Å². The molecule has 1 saturated heterocycles. The molecule has 27 heavy (non-hydrogen) atoms. The van der Waals surface area contributed by atoms with Gasteiger partial charge >= 0.3 is 0 Å².